The first-order valence-corrected chi connectivity index (χ1v) is 9.73. The fourth-order valence-electron chi connectivity index (χ4n) is 3.13. The number of nitro benzene ring substituents is 1. The van der Waals surface area contributed by atoms with Crippen molar-refractivity contribution in [3.8, 4) is 0 Å². The molecule has 0 aliphatic rings. The lowest BCUT2D eigenvalue weighted by Crippen LogP contribution is -2.29. The number of furan rings is 1. The first-order valence-electron chi connectivity index (χ1n) is 9.73. The fourth-order valence-corrected chi connectivity index (χ4v) is 3.13. The van der Waals surface area contributed by atoms with Gasteiger partial charge in [-0.2, -0.15) is 5.10 Å². The molecule has 0 aliphatic heterocycles. The molecule has 11 nitrogen and oxygen atoms in total. The van der Waals surface area contributed by atoms with Gasteiger partial charge in [0.15, 0.2) is 11.8 Å². The molecule has 0 saturated carbocycles. The summed E-state index contributed by atoms with van der Waals surface area (Å²) in [4.78, 5) is 42.2. The number of H-pyrrole nitrogens is 1. The van der Waals surface area contributed by atoms with E-state index in [1.807, 2.05) is 6.07 Å². The van der Waals surface area contributed by atoms with E-state index in [2.05, 4.69) is 20.5 Å². The predicted molar refractivity (Wildman–Crippen MR) is 118 cm³/mol. The van der Waals surface area contributed by atoms with Crippen molar-refractivity contribution in [1.82, 2.24) is 15.4 Å². The molecule has 2 aromatic heterocycles. The van der Waals surface area contributed by atoms with Crippen molar-refractivity contribution in [2.45, 2.75) is 12.5 Å². The summed E-state index contributed by atoms with van der Waals surface area (Å²) in [5.74, 6) is -0.394. The molecule has 11 heteroatoms. The number of non-ortho nitro benzene ring substituents is 1. The average Bonchev–Trinajstić information content (AvgIpc) is 3.34. The van der Waals surface area contributed by atoms with Crippen LogP contribution in [0.3, 0.4) is 0 Å². The maximum absolute atomic E-state index is 12.7. The van der Waals surface area contributed by atoms with Crippen LogP contribution in [0, 0.1) is 10.1 Å². The number of nitrogens with zero attached hydrogens (tertiary/aromatic N) is 3. The minimum absolute atomic E-state index is 0.0274. The summed E-state index contributed by atoms with van der Waals surface area (Å²) in [7, 11) is 0. The molecule has 2 heterocycles. The zero-order chi connectivity index (χ0) is 23.4. The molecular formula is C22H17N5O6. The molecule has 0 radical (unpaired) electrons. The van der Waals surface area contributed by atoms with Gasteiger partial charge in [-0.1, -0.05) is 30.3 Å². The van der Waals surface area contributed by atoms with Crippen LogP contribution in [0.15, 0.2) is 81.2 Å². The van der Waals surface area contributed by atoms with Gasteiger partial charge in [-0.15, -0.1) is 0 Å². The number of hydrogen-bond donors (Lipinski definition) is 3. The van der Waals surface area contributed by atoms with E-state index in [1.165, 1.54) is 30.5 Å². The number of aliphatic hydroxyl groups is 1. The van der Waals surface area contributed by atoms with Gasteiger partial charge in [-0.3, -0.25) is 19.7 Å². The molecule has 0 aliphatic carbocycles. The molecule has 0 saturated heterocycles. The predicted octanol–water partition coefficient (Wildman–Crippen LogP) is 2.22. The maximum atomic E-state index is 12.7. The van der Waals surface area contributed by atoms with Gasteiger partial charge in [0.05, 0.1) is 28.6 Å². The Bertz CT molecular complexity index is 1400. The Kier molecular flexibility index (Phi) is 6.04. The number of nitrogens with one attached hydrogen (secondary N) is 2. The van der Waals surface area contributed by atoms with Crippen LogP contribution in [0.25, 0.3) is 11.0 Å². The second-order valence-electron chi connectivity index (χ2n) is 6.99. The number of rotatable bonds is 7. The lowest BCUT2D eigenvalue weighted by molar-refractivity contribution is -0.384. The van der Waals surface area contributed by atoms with Crippen molar-refractivity contribution in [2.24, 2.45) is 5.10 Å². The third-order valence-electron chi connectivity index (χ3n) is 4.71. The van der Waals surface area contributed by atoms with Crippen molar-refractivity contribution in [1.29, 1.82) is 0 Å². The number of aromatic nitrogens is 2. The first kappa shape index (κ1) is 21.6. The Morgan fingerprint density at radius 1 is 1.21 bits per heavy atom. The molecule has 0 spiro atoms. The summed E-state index contributed by atoms with van der Waals surface area (Å²) < 4.78 is 5.21. The molecule has 33 heavy (non-hydrogen) atoms. The van der Waals surface area contributed by atoms with Crippen LogP contribution in [-0.4, -0.2) is 31.6 Å². The van der Waals surface area contributed by atoms with Crippen LogP contribution in [0.4, 0.5) is 5.69 Å². The number of carbonyl (C=O) groups is 1. The summed E-state index contributed by atoms with van der Waals surface area (Å²) in [6, 6.07) is 15.7. The summed E-state index contributed by atoms with van der Waals surface area (Å²) in [6.45, 7) is 0. The smallest absolute Gasteiger partial charge is 0.276 e. The van der Waals surface area contributed by atoms with Crippen molar-refractivity contribution < 1.29 is 19.2 Å². The van der Waals surface area contributed by atoms with Crippen LogP contribution in [0.1, 0.15) is 23.1 Å². The number of benzene rings is 2. The fraction of sp³-hybridized carbons (Fsp3) is 0.0909. The second kappa shape index (κ2) is 9.24. The van der Waals surface area contributed by atoms with E-state index in [9.17, 15) is 24.8 Å². The number of hydrogen-bond acceptors (Lipinski definition) is 8. The van der Waals surface area contributed by atoms with E-state index in [4.69, 9.17) is 4.42 Å². The number of fused-ring (bicyclic) bond motifs is 1. The quantitative estimate of drug-likeness (QED) is 0.222. The summed E-state index contributed by atoms with van der Waals surface area (Å²) in [5.41, 5.74) is 1.94. The zero-order valence-corrected chi connectivity index (χ0v) is 17.0. The van der Waals surface area contributed by atoms with Crippen molar-refractivity contribution in [2.75, 3.05) is 0 Å². The van der Waals surface area contributed by atoms with Crippen LogP contribution in [-0.2, 0) is 11.2 Å². The molecule has 166 valence electrons. The van der Waals surface area contributed by atoms with Gasteiger partial charge in [0.1, 0.15) is 11.5 Å². The number of nitro groups is 1. The Morgan fingerprint density at radius 2 is 2.00 bits per heavy atom. The molecule has 1 atom stereocenters. The average molecular weight is 447 g/mol. The van der Waals surface area contributed by atoms with Gasteiger partial charge in [0.2, 0.25) is 5.91 Å². The Hall–Kier alpha value is -4.64. The molecule has 4 rings (SSSR count). The van der Waals surface area contributed by atoms with Crippen molar-refractivity contribution in [3.63, 3.8) is 0 Å². The van der Waals surface area contributed by atoms with Gasteiger partial charge in [0.25, 0.3) is 11.2 Å². The van der Waals surface area contributed by atoms with E-state index in [1.54, 1.807) is 30.3 Å². The van der Waals surface area contributed by atoms with E-state index in [0.717, 1.165) is 5.56 Å². The highest BCUT2D eigenvalue weighted by molar-refractivity contribution is 6.03. The molecule has 0 bridgehead atoms. The number of hydrazone groups is 1. The zero-order valence-electron chi connectivity index (χ0n) is 17.0. The highest BCUT2D eigenvalue weighted by Crippen LogP contribution is 2.20. The third-order valence-corrected chi connectivity index (χ3v) is 4.71. The van der Waals surface area contributed by atoms with Gasteiger partial charge in [-0.25, -0.2) is 10.4 Å². The minimum atomic E-state index is -1.51. The highest BCUT2D eigenvalue weighted by Gasteiger charge is 2.25. The molecular weight excluding hydrogens is 430 g/mol. The Morgan fingerprint density at radius 3 is 2.70 bits per heavy atom. The Balaban J connectivity index is 1.72. The summed E-state index contributed by atoms with van der Waals surface area (Å²) in [6.07, 6.45) is -0.151. The first-order chi connectivity index (χ1) is 15.9. The number of carbonyl (C=O) groups excluding carboxylic acids is 1. The lowest BCUT2D eigenvalue weighted by Gasteiger charge is -2.12. The molecule has 0 unspecified atom stereocenters. The minimum Gasteiger partial charge on any atom is -0.466 e. The van der Waals surface area contributed by atoms with E-state index in [0.29, 0.717) is 0 Å². The Labute approximate surface area is 185 Å². The summed E-state index contributed by atoms with van der Waals surface area (Å²) in [5, 5.41) is 25.8. The van der Waals surface area contributed by atoms with Crippen LogP contribution >= 0.6 is 0 Å². The molecule has 0 fully saturated rings. The van der Waals surface area contributed by atoms with Crippen LogP contribution in [0.2, 0.25) is 0 Å². The lowest BCUT2D eigenvalue weighted by atomic mass is 10.1. The number of aliphatic hydroxyl groups excluding tert-OH is 1. The van der Waals surface area contributed by atoms with Crippen molar-refractivity contribution in [3.05, 3.63) is 104 Å². The molecule has 3 N–H and O–H groups in total. The topological polar surface area (TPSA) is 164 Å². The van der Waals surface area contributed by atoms with Crippen molar-refractivity contribution >= 4 is 28.3 Å². The number of aromatic amines is 1. The van der Waals surface area contributed by atoms with Gasteiger partial charge >= 0.3 is 0 Å². The van der Waals surface area contributed by atoms with Crippen LogP contribution < -0.4 is 11.0 Å². The number of amides is 1. The SMILES string of the molecule is O=C(Cc1ccccc1)N/N=C(\c1nc2ccc([N+](=O)[O-])cc2[nH]c1=O)[C@H](O)c1ccco1. The van der Waals surface area contributed by atoms with E-state index in [-0.39, 0.29) is 40.3 Å². The van der Waals surface area contributed by atoms with E-state index >= 15 is 0 Å². The van der Waals surface area contributed by atoms with E-state index < -0.39 is 22.5 Å². The molecule has 1 amide bonds. The van der Waals surface area contributed by atoms with Gasteiger partial charge < -0.3 is 14.5 Å². The molecule has 4 aromatic rings. The third kappa shape index (κ3) is 4.83. The highest BCUT2D eigenvalue weighted by atomic mass is 16.6. The second-order valence-corrected chi connectivity index (χ2v) is 6.99. The van der Waals surface area contributed by atoms with Gasteiger partial charge in [-0.05, 0) is 23.8 Å². The normalized spacial score (nSPS) is 12.5. The molecule has 2 aromatic carbocycles. The van der Waals surface area contributed by atoms with Crippen LogP contribution in [0.5, 0.6) is 0 Å². The monoisotopic (exact) mass is 447 g/mol. The maximum Gasteiger partial charge on any atom is 0.276 e. The largest absolute Gasteiger partial charge is 0.466 e. The summed E-state index contributed by atoms with van der Waals surface area (Å²) >= 11 is 0. The van der Waals surface area contributed by atoms with Gasteiger partial charge in [0, 0.05) is 12.1 Å². The standard InChI is InChI=1S/C22H17N5O6/c28-18(11-13-5-2-1-3-6-13)25-26-19(21(29)17-7-4-10-33-17)20-22(30)24-16-12-14(27(31)32)8-9-15(16)23-20/h1-10,12,21,29H,11H2,(H,24,30)(H,25,28)/b26-19+/t21-/m1/s1.